The zero-order valence-electron chi connectivity index (χ0n) is 40.7. The van der Waals surface area contributed by atoms with Crippen molar-refractivity contribution in [3.8, 4) is 0 Å². The average Bonchev–Trinajstić information content (AvgIpc) is 3.31. The summed E-state index contributed by atoms with van der Waals surface area (Å²) in [6.45, 7) is 2.54. The molecular formula is C51H92O15. The van der Waals surface area contributed by atoms with E-state index in [-0.39, 0.29) is 19.4 Å². The molecule has 66 heavy (non-hydrogen) atoms. The lowest BCUT2D eigenvalue weighted by Gasteiger charge is -2.42. The predicted octanol–water partition coefficient (Wildman–Crippen LogP) is 7.16. The van der Waals surface area contributed by atoms with Crippen LogP contribution in [0.1, 0.15) is 194 Å². The van der Waals surface area contributed by atoms with Gasteiger partial charge in [0.15, 0.2) is 18.7 Å². The molecule has 2 aliphatic rings. The second-order valence-corrected chi connectivity index (χ2v) is 18.3. The first-order valence-electron chi connectivity index (χ1n) is 25.9. The number of hydrogen-bond acceptors (Lipinski definition) is 15. The Morgan fingerprint density at radius 2 is 0.894 bits per heavy atom. The molecule has 0 aromatic rings. The number of unbranched alkanes of at least 4 members (excludes halogenated alkanes) is 22. The summed E-state index contributed by atoms with van der Waals surface area (Å²) in [6, 6.07) is 0. The largest absolute Gasteiger partial charge is 0.462 e. The third-order valence-electron chi connectivity index (χ3n) is 12.4. The van der Waals surface area contributed by atoms with Crippen LogP contribution in [0.2, 0.25) is 0 Å². The van der Waals surface area contributed by atoms with Crippen LogP contribution in [0.5, 0.6) is 0 Å². The number of carbonyl (C=O) groups excluding carboxylic acids is 2. The summed E-state index contributed by atoms with van der Waals surface area (Å²) in [5.41, 5.74) is 0. The summed E-state index contributed by atoms with van der Waals surface area (Å²) >= 11 is 0. The van der Waals surface area contributed by atoms with Crippen molar-refractivity contribution >= 4 is 11.9 Å². The second-order valence-electron chi connectivity index (χ2n) is 18.3. The van der Waals surface area contributed by atoms with Gasteiger partial charge in [0.25, 0.3) is 0 Å². The minimum Gasteiger partial charge on any atom is -0.462 e. The van der Waals surface area contributed by atoms with E-state index in [2.05, 4.69) is 32.1 Å². The number of aliphatic hydroxyl groups is 7. The fraction of sp³-hybridized carbons (Fsp3) is 0.882. The molecule has 0 saturated carbocycles. The molecule has 2 heterocycles. The molecule has 0 aromatic carbocycles. The van der Waals surface area contributed by atoms with E-state index in [1.54, 1.807) is 0 Å². The van der Waals surface area contributed by atoms with Gasteiger partial charge in [-0.15, -0.1) is 0 Å². The maximum absolute atomic E-state index is 13.0. The Bertz CT molecular complexity index is 1250. The van der Waals surface area contributed by atoms with E-state index in [0.717, 1.165) is 32.1 Å². The van der Waals surface area contributed by atoms with Crippen LogP contribution in [0.15, 0.2) is 24.3 Å². The standard InChI is InChI=1S/C51H92O15/c1-3-5-7-9-11-13-15-17-19-21-23-25-27-29-31-33-42(53)61-36-39(64-43(54)34-32-30-28-26-24-22-20-18-16-14-12-10-8-6-4-2)37-62-50-49(60)47(58)45(56)41(66-50)38-63-51-48(59)46(57)44(55)40(35-52)65-51/h23,25,28,30,39-41,44-52,55-60H,3-22,24,26-27,29,31-38H2,1-2H3/b25-23+,30-28+/t39-,40-,41-,44+,45+,46?,47?,48?,49?,50-,51-/m1/s1. The van der Waals surface area contributed by atoms with Crippen LogP contribution in [0, 0.1) is 0 Å². The topological polar surface area (TPSA) is 231 Å². The predicted molar refractivity (Wildman–Crippen MR) is 252 cm³/mol. The Kier molecular flexibility index (Phi) is 35.3. The number of ether oxygens (including phenoxy) is 6. The highest BCUT2D eigenvalue weighted by Gasteiger charge is 2.47. The lowest BCUT2D eigenvalue weighted by atomic mass is 9.98. The number of aliphatic hydroxyl groups excluding tert-OH is 7. The van der Waals surface area contributed by atoms with Gasteiger partial charge in [0.1, 0.15) is 55.4 Å². The first-order valence-corrected chi connectivity index (χ1v) is 25.9. The fourth-order valence-corrected chi connectivity index (χ4v) is 8.11. The van der Waals surface area contributed by atoms with Gasteiger partial charge in [-0.05, 0) is 51.4 Å². The Labute approximate surface area is 396 Å². The molecule has 0 radical (unpaired) electrons. The molecule has 0 aromatic heterocycles. The Morgan fingerprint density at radius 3 is 1.39 bits per heavy atom. The van der Waals surface area contributed by atoms with Gasteiger partial charge in [0.05, 0.1) is 19.8 Å². The molecule has 0 spiro atoms. The zero-order valence-corrected chi connectivity index (χ0v) is 40.7. The summed E-state index contributed by atoms with van der Waals surface area (Å²) in [4.78, 5) is 25.7. The molecule has 0 aliphatic carbocycles. The normalized spacial score (nSPS) is 26.3. The van der Waals surface area contributed by atoms with Gasteiger partial charge >= 0.3 is 11.9 Å². The minimum absolute atomic E-state index is 0.0800. The SMILES string of the molecule is CCCCCCCCCCC/C=C/CCCCC(=O)OC[C@H](CO[C@@H]1O[C@H](CO[C@@H]2O[C@H](CO)[C@H](O)C(O)C2O)[C@H](O)C(O)C1O)OC(=O)CC/C=C/CCCCCCCCCCCCC. The maximum Gasteiger partial charge on any atom is 0.306 e. The zero-order chi connectivity index (χ0) is 48.2. The van der Waals surface area contributed by atoms with Crippen LogP contribution >= 0.6 is 0 Å². The Hall–Kier alpha value is -2.02. The van der Waals surface area contributed by atoms with Crippen LogP contribution < -0.4 is 0 Å². The van der Waals surface area contributed by atoms with Gasteiger partial charge in [-0.3, -0.25) is 9.59 Å². The molecule has 7 N–H and O–H groups in total. The van der Waals surface area contributed by atoms with Crippen molar-refractivity contribution in [2.24, 2.45) is 0 Å². The summed E-state index contributed by atoms with van der Waals surface area (Å²) in [7, 11) is 0. The van der Waals surface area contributed by atoms with Gasteiger partial charge in [-0.25, -0.2) is 0 Å². The number of hydrogen-bond donors (Lipinski definition) is 7. The highest BCUT2D eigenvalue weighted by atomic mass is 16.7. The summed E-state index contributed by atoms with van der Waals surface area (Å²) in [5, 5.41) is 72.0. The van der Waals surface area contributed by atoms with Crippen LogP contribution in [-0.2, 0) is 38.0 Å². The summed E-state index contributed by atoms with van der Waals surface area (Å²) in [6.07, 6.45) is 22.2. The van der Waals surface area contributed by atoms with E-state index in [0.29, 0.717) is 12.8 Å². The number of rotatable bonds is 40. The van der Waals surface area contributed by atoms with Gasteiger partial charge in [-0.1, -0.05) is 154 Å². The lowest BCUT2D eigenvalue weighted by molar-refractivity contribution is -0.332. The van der Waals surface area contributed by atoms with E-state index < -0.39 is 99.3 Å². The molecule has 11 atom stereocenters. The number of carbonyl (C=O) groups is 2. The van der Waals surface area contributed by atoms with E-state index in [1.165, 1.54) is 122 Å². The molecule has 4 unspecified atom stereocenters. The molecule has 15 nitrogen and oxygen atoms in total. The van der Waals surface area contributed by atoms with Crippen molar-refractivity contribution in [3.63, 3.8) is 0 Å². The first kappa shape index (κ1) is 60.1. The van der Waals surface area contributed by atoms with Crippen molar-refractivity contribution < 1.29 is 73.8 Å². The van der Waals surface area contributed by atoms with Gasteiger partial charge in [-0.2, -0.15) is 0 Å². The van der Waals surface area contributed by atoms with Crippen molar-refractivity contribution in [2.75, 3.05) is 26.4 Å². The van der Waals surface area contributed by atoms with Crippen molar-refractivity contribution in [2.45, 2.75) is 261 Å². The molecule has 386 valence electrons. The second kappa shape index (κ2) is 38.8. The van der Waals surface area contributed by atoms with Crippen LogP contribution in [0.4, 0.5) is 0 Å². The highest BCUT2D eigenvalue weighted by Crippen LogP contribution is 2.26. The van der Waals surface area contributed by atoms with Crippen molar-refractivity contribution in [3.05, 3.63) is 24.3 Å². The van der Waals surface area contributed by atoms with Crippen molar-refractivity contribution in [1.82, 2.24) is 0 Å². The van der Waals surface area contributed by atoms with Crippen LogP contribution in [0.3, 0.4) is 0 Å². The molecule has 2 aliphatic heterocycles. The quantitative estimate of drug-likeness (QED) is 0.0184. The highest BCUT2D eigenvalue weighted by molar-refractivity contribution is 5.70. The summed E-state index contributed by atoms with van der Waals surface area (Å²) in [5.74, 6) is -1.00. The molecule has 0 bridgehead atoms. The molecule has 0 amide bonds. The third kappa shape index (κ3) is 26.7. The molecule has 15 heteroatoms. The first-order chi connectivity index (χ1) is 32.0. The van der Waals surface area contributed by atoms with E-state index in [1.807, 2.05) is 6.08 Å². The fourth-order valence-electron chi connectivity index (χ4n) is 8.11. The van der Waals surface area contributed by atoms with Gasteiger partial charge < -0.3 is 64.2 Å². The lowest BCUT2D eigenvalue weighted by Crippen LogP contribution is -2.61. The molecule has 2 rings (SSSR count). The van der Waals surface area contributed by atoms with Gasteiger partial charge in [0.2, 0.25) is 0 Å². The number of esters is 2. The van der Waals surface area contributed by atoms with E-state index in [4.69, 9.17) is 28.4 Å². The minimum atomic E-state index is -1.77. The van der Waals surface area contributed by atoms with Crippen molar-refractivity contribution in [1.29, 1.82) is 0 Å². The molecule has 2 fully saturated rings. The average molecular weight is 945 g/mol. The maximum atomic E-state index is 13.0. The molecular weight excluding hydrogens is 853 g/mol. The van der Waals surface area contributed by atoms with Crippen LogP contribution in [0.25, 0.3) is 0 Å². The summed E-state index contributed by atoms with van der Waals surface area (Å²) < 4.78 is 33.5. The van der Waals surface area contributed by atoms with E-state index >= 15 is 0 Å². The third-order valence-corrected chi connectivity index (χ3v) is 12.4. The Balaban J connectivity index is 1.83. The monoisotopic (exact) mass is 945 g/mol. The smallest absolute Gasteiger partial charge is 0.306 e. The van der Waals surface area contributed by atoms with Crippen LogP contribution in [-0.4, -0.2) is 142 Å². The molecule has 2 saturated heterocycles. The van der Waals surface area contributed by atoms with Gasteiger partial charge in [0, 0.05) is 12.8 Å². The Morgan fingerprint density at radius 1 is 0.470 bits per heavy atom. The van der Waals surface area contributed by atoms with E-state index in [9.17, 15) is 45.3 Å². The number of allylic oxidation sites excluding steroid dienone is 4.